The summed E-state index contributed by atoms with van der Waals surface area (Å²) in [5, 5.41) is 0. The normalized spacial score (nSPS) is 31.3. The van der Waals surface area contributed by atoms with Crippen molar-refractivity contribution in [3.63, 3.8) is 0 Å². The van der Waals surface area contributed by atoms with Gasteiger partial charge in [0.05, 0.1) is 0 Å². The van der Waals surface area contributed by atoms with Crippen LogP contribution in [-0.4, -0.2) is 0 Å². The summed E-state index contributed by atoms with van der Waals surface area (Å²) >= 11 is 0. The molecule has 5 rings (SSSR count). The minimum atomic E-state index is 0.00262. The van der Waals surface area contributed by atoms with Gasteiger partial charge in [0.25, 0.3) is 0 Å². The summed E-state index contributed by atoms with van der Waals surface area (Å²) < 4.78 is 14.3. The first kappa shape index (κ1) is 26.0. The van der Waals surface area contributed by atoms with E-state index < -0.39 is 0 Å². The van der Waals surface area contributed by atoms with Gasteiger partial charge >= 0.3 is 0 Å². The molecule has 36 heavy (non-hydrogen) atoms. The van der Waals surface area contributed by atoms with E-state index in [1.807, 2.05) is 19.1 Å². The average Bonchev–Trinajstić information content (AvgIpc) is 2.94. The summed E-state index contributed by atoms with van der Waals surface area (Å²) in [5.41, 5.74) is 5.29. The SMILES string of the molecule is CCCC1CCC(c2ccc(C3CCC(C4CCC(c5ccc(CC)c(F)c5)CC4)CC3)cc2)CC1. The molecule has 0 aliphatic heterocycles. The lowest BCUT2D eigenvalue weighted by molar-refractivity contribution is 0.177. The largest absolute Gasteiger partial charge is 0.207 e. The smallest absolute Gasteiger partial charge is 0.126 e. The van der Waals surface area contributed by atoms with E-state index in [1.54, 1.807) is 11.1 Å². The van der Waals surface area contributed by atoms with E-state index in [9.17, 15) is 4.39 Å². The molecule has 2 aromatic rings. The van der Waals surface area contributed by atoms with Crippen molar-refractivity contribution in [3.05, 3.63) is 70.5 Å². The summed E-state index contributed by atoms with van der Waals surface area (Å²) in [5.74, 6) is 4.95. The first-order valence-electron chi connectivity index (χ1n) is 15.5. The lowest BCUT2D eigenvalue weighted by Gasteiger charge is -2.38. The van der Waals surface area contributed by atoms with Crippen LogP contribution in [0.1, 0.15) is 144 Å². The molecule has 0 amide bonds. The highest BCUT2D eigenvalue weighted by molar-refractivity contribution is 5.29. The monoisotopic (exact) mass is 488 g/mol. The van der Waals surface area contributed by atoms with Crippen LogP contribution in [0.3, 0.4) is 0 Å². The average molecular weight is 489 g/mol. The lowest BCUT2D eigenvalue weighted by Crippen LogP contribution is -2.25. The Kier molecular flexibility index (Phi) is 8.86. The number of halogens is 1. The maximum absolute atomic E-state index is 14.3. The van der Waals surface area contributed by atoms with Gasteiger partial charge in [-0.1, -0.05) is 63.1 Å². The Morgan fingerprint density at radius 1 is 0.583 bits per heavy atom. The first-order valence-corrected chi connectivity index (χ1v) is 15.5. The molecule has 3 saturated carbocycles. The van der Waals surface area contributed by atoms with E-state index >= 15 is 0 Å². The Hall–Kier alpha value is -1.63. The third kappa shape index (κ3) is 6.08. The van der Waals surface area contributed by atoms with Crippen molar-refractivity contribution in [2.45, 2.75) is 128 Å². The summed E-state index contributed by atoms with van der Waals surface area (Å²) in [6.07, 6.45) is 20.0. The van der Waals surface area contributed by atoms with E-state index in [2.05, 4.69) is 37.3 Å². The highest BCUT2D eigenvalue weighted by atomic mass is 19.1. The van der Waals surface area contributed by atoms with Gasteiger partial charge in [-0.25, -0.2) is 4.39 Å². The van der Waals surface area contributed by atoms with Crippen LogP contribution in [0.25, 0.3) is 0 Å². The van der Waals surface area contributed by atoms with Gasteiger partial charge in [-0.15, -0.1) is 0 Å². The zero-order valence-corrected chi connectivity index (χ0v) is 23.0. The van der Waals surface area contributed by atoms with Crippen molar-refractivity contribution in [1.29, 1.82) is 0 Å². The molecule has 3 fully saturated rings. The van der Waals surface area contributed by atoms with Crippen molar-refractivity contribution in [3.8, 4) is 0 Å². The topological polar surface area (TPSA) is 0 Å². The fourth-order valence-electron chi connectivity index (χ4n) is 8.19. The molecule has 1 heteroatoms. The fraction of sp³-hybridized carbons (Fsp3) is 0.657. The summed E-state index contributed by atoms with van der Waals surface area (Å²) in [7, 11) is 0. The third-order valence-corrected chi connectivity index (χ3v) is 10.6. The molecule has 0 atom stereocenters. The minimum Gasteiger partial charge on any atom is -0.207 e. The quantitative estimate of drug-likeness (QED) is 0.363. The van der Waals surface area contributed by atoms with E-state index in [1.165, 1.54) is 95.5 Å². The zero-order valence-electron chi connectivity index (χ0n) is 23.0. The Labute approximate surface area is 220 Å². The van der Waals surface area contributed by atoms with E-state index in [-0.39, 0.29) is 5.82 Å². The summed E-state index contributed by atoms with van der Waals surface area (Å²) in [4.78, 5) is 0. The Morgan fingerprint density at radius 3 is 1.47 bits per heavy atom. The van der Waals surface area contributed by atoms with Crippen LogP contribution in [0.2, 0.25) is 0 Å². The van der Waals surface area contributed by atoms with Crippen molar-refractivity contribution >= 4 is 0 Å². The second-order valence-corrected chi connectivity index (χ2v) is 12.6. The van der Waals surface area contributed by atoms with Crippen LogP contribution in [0.5, 0.6) is 0 Å². The third-order valence-electron chi connectivity index (χ3n) is 10.6. The molecular weight excluding hydrogens is 439 g/mol. The molecule has 3 aliphatic rings. The Bertz CT molecular complexity index is 935. The molecule has 0 N–H and O–H groups in total. The predicted octanol–water partition coefficient (Wildman–Crippen LogP) is 10.7. The van der Waals surface area contributed by atoms with Crippen LogP contribution in [0, 0.1) is 23.6 Å². The van der Waals surface area contributed by atoms with E-state index in [4.69, 9.17) is 0 Å². The lowest BCUT2D eigenvalue weighted by atomic mass is 9.67. The van der Waals surface area contributed by atoms with Gasteiger partial charge in [-0.3, -0.25) is 0 Å². The van der Waals surface area contributed by atoms with Crippen LogP contribution in [-0.2, 0) is 6.42 Å². The number of hydrogen-bond donors (Lipinski definition) is 0. The number of hydrogen-bond acceptors (Lipinski definition) is 0. The van der Waals surface area contributed by atoms with Gasteiger partial charge in [-0.05, 0) is 147 Å². The van der Waals surface area contributed by atoms with Crippen molar-refractivity contribution in [1.82, 2.24) is 0 Å². The number of aryl methyl sites for hydroxylation is 1. The Balaban J connectivity index is 1.07. The van der Waals surface area contributed by atoms with Gasteiger partial charge in [0, 0.05) is 0 Å². The van der Waals surface area contributed by atoms with E-state index in [0.717, 1.165) is 41.6 Å². The van der Waals surface area contributed by atoms with Crippen LogP contribution in [0.15, 0.2) is 42.5 Å². The zero-order chi connectivity index (χ0) is 24.9. The van der Waals surface area contributed by atoms with Gasteiger partial charge in [-0.2, -0.15) is 0 Å². The van der Waals surface area contributed by atoms with Crippen molar-refractivity contribution in [2.24, 2.45) is 17.8 Å². The number of rotatable bonds is 7. The van der Waals surface area contributed by atoms with Crippen LogP contribution >= 0.6 is 0 Å². The molecule has 196 valence electrons. The first-order chi connectivity index (χ1) is 17.6. The summed E-state index contributed by atoms with van der Waals surface area (Å²) in [6.45, 7) is 4.37. The maximum atomic E-state index is 14.3. The predicted molar refractivity (Wildman–Crippen MR) is 151 cm³/mol. The van der Waals surface area contributed by atoms with Gasteiger partial charge in [0.2, 0.25) is 0 Å². The molecule has 0 aromatic heterocycles. The molecule has 0 radical (unpaired) electrons. The minimum absolute atomic E-state index is 0.00262. The molecule has 0 unspecified atom stereocenters. The Morgan fingerprint density at radius 2 is 1.03 bits per heavy atom. The van der Waals surface area contributed by atoms with Gasteiger partial charge in [0.1, 0.15) is 5.82 Å². The van der Waals surface area contributed by atoms with Crippen molar-refractivity contribution in [2.75, 3.05) is 0 Å². The highest BCUT2D eigenvalue weighted by Gasteiger charge is 2.32. The second-order valence-electron chi connectivity index (χ2n) is 12.6. The molecule has 3 aliphatic carbocycles. The molecular formula is C35H49F. The van der Waals surface area contributed by atoms with E-state index in [0.29, 0.717) is 5.92 Å². The van der Waals surface area contributed by atoms with Crippen LogP contribution in [0.4, 0.5) is 4.39 Å². The van der Waals surface area contributed by atoms with Gasteiger partial charge in [0.15, 0.2) is 0 Å². The molecule has 0 bridgehead atoms. The molecule has 0 saturated heterocycles. The fourth-order valence-corrected chi connectivity index (χ4v) is 8.19. The number of benzene rings is 2. The molecule has 0 spiro atoms. The van der Waals surface area contributed by atoms with Crippen LogP contribution < -0.4 is 0 Å². The highest BCUT2D eigenvalue weighted by Crippen LogP contribution is 2.46. The van der Waals surface area contributed by atoms with Crippen molar-refractivity contribution < 1.29 is 4.39 Å². The maximum Gasteiger partial charge on any atom is 0.126 e. The molecule has 0 nitrogen and oxygen atoms in total. The summed E-state index contributed by atoms with van der Waals surface area (Å²) in [6, 6.07) is 16.0. The molecule has 2 aromatic carbocycles. The molecule has 0 heterocycles. The second kappa shape index (κ2) is 12.3. The standard InChI is InChI=1S/C35H49F/c1-3-5-25-6-8-27(9-7-25)28-11-13-29(14-12-28)30-15-17-31(18-16-30)32-19-21-33(22-20-32)34-23-10-26(4-2)35(36)24-34/h10-14,23-25,27,30-33H,3-9,15-22H2,1-2H3. The van der Waals surface area contributed by atoms with Gasteiger partial charge < -0.3 is 0 Å².